The van der Waals surface area contributed by atoms with E-state index in [1.165, 1.54) is 37.8 Å². The van der Waals surface area contributed by atoms with Crippen LogP contribution in [0.1, 0.15) is 43.6 Å². The number of aromatic nitrogens is 2. The molecule has 1 fully saturated rings. The topological polar surface area (TPSA) is 47.5 Å². The molecule has 3 heterocycles. The lowest BCUT2D eigenvalue weighted by molar-refractivity contribution is 0.315. The van der Waals surface area contributed by atoms with E-state index in [2.05, 4.69) is 26.8 Å². The summed E-state index contributed by atoms with van der Waals surface area (Å²) in [4.78, 5) is 17.7. The van der Waals surface area contributed by atoms with Crippen LogP contribution in [0.3, 0.4) is 0 Å². The van der Waals surface area contributed by atoms with E-state index in [1.54, 1.807) is 0 Å². The summed E-state index contributed by atoms with van der Waals surface area (Å²) >= 11 is 0. The smallest absolute Gasteiger partial charge is 0.202 e. The summed E-state index contributed by atoms with van der Waals surface area (Å²) in [6.07, 6.45) is 6.88. The lowest BCUT2D eigenvalue weighted by Gasteiger charge is -2.32. The molecule has 5 heteroatoms. The van der Waals surface area contributed by atoms with Crippen molar-refractivity contribution in [3.63, 3.8) is 0 Å². The molecule has 0 bridgehead atoms. The van der Waals surface area contributed by atoms with E-state index in [9.17, 15) is 0 Å². The maximum atomic E-state index is 5.04. The van der Waals surface area contributed by atoms with Gasteiger partial charge in [-0.25, -0.2) is 9.98 Å². The van der Waals surface area contributed by atoms with E-state index >= 15 is 0 Å². The Hall–Kier alpha value is -1.52. The average Bonchev–Trinajstić information content (AvgIpc) is 3.03. The highest BCUT2D eigenvalue weighted by molar-refractivity contribution is 5.99. The molecule has 1 N–H and O–H groups in total. The minimum atomic E-state index is 0.468. The van der Waals surface area contributed by atoms with Crippen LogP contribution in [0, 0.1) is 12.8 Å². The van der Waals surface area contributed by atoms with Crippen molar-refractivity contribution >= 4 is 11.8 Å². The molecule has 0 unspecified atom stereocenters. The second-order valence-corrected chi connectivity index (χ2v) is 6.49. The van der Waals surface area contributed by atoms with Crippen molar-refractivity contribution < 1.29 is 0 Å². The fraction of sp³-hybridized carbons (Fsp3) is 0.733. The molecule has 1 aliphatic carbocycles. The van der Waals surface area contributed by atoms with Gasteiger partial charge in [0.15, 0.2) is 5.82 Å². The molecule has 1 aromatic heterocycles. The van der Waals surface area contributed by atoms with Gasteiger partial charge < -0.3 is 9.88 Å². The monoisotopic (exact) mass is 273 g/mol. The Balaban J connectivity index is 1.63. The number of guanidine groups is 1. The number of rotatable bonds is 1. The van der Waals surface area contributed by atoms with E-state index in [0.717, 1.165) is 36.6 Å². The lowest BCUT2D eigenvalue weighted by Crippen LogP contribution is -2.44. The predicted octanol–water partition coefficient (Wildman–Crippen LogP) is 2.29. The summed E-state index contributed by atoms with van der Waals surface area (Å²) in [5, 5.41) is 0. The van der Waals surface area contributed by atoms with Crippen molar-refractivity contribution in [3.05, 3.63) is 11.5 Å². The van der Waals surface area contributed by atoms with Crippen molar-refractivity contribution in [1.29, 1.82) is 0 Å². The predicted molar refractivity (Wildman–Crippen MR) is 79.9 cm³/mol. The highest BCUT2D eigenvalue weighted by atomic mass is 15.5. The second kappa shape index (κ2) is 4.50. The quantitative estimate of drug-likeness (QED) is 0.854. The Labute approximate surface area is 120 Å². The van der Waals surface area contributed by atoms with Crippen LogP contribution in [0.2, 0.25) is 0 Å². The van der Waals surface area contributed by atoms with Gasteiger partial charge in [-0.3, -0.25) is 4.90 Å². The van der Waals surface area contributed by atoms with Crippen LogP contribution >= 0.6 is 0 Å². The lowest BCUT2D eigenvalue weighted by atomic mass is 9.84. The molecule has 0 spiro atoms. The largest absolute Gasteiger partial charge is 0.343 e. The first-order chi connectivity index (χ1) is 9.72. The molecule has 20 heavy (non-hydrogen) atoms. The first-order valence-corrected chi connectivity index (χ1v) is 7.84. The van der Waals surface area contributed by atoms with Crippen molar-refractivity contribution in [2.75, 3.05) is 18.5 Å². The number of nitrogens with zero attached hydrogens (tertiary/aromatic N) is 4. The highest BCUT2D eigenvalue weighted by Gasteiger charge is 2.38. The van der Waals surface area contributed by atoms with Gasteiger partial charge in [0.1, 0.15) is 5.82 Å². The van der Waals surface area contributed by atoms with Gasteiger partial charge in [0.2, 0.25) is 5.96 Å². The zero-order valence-corrected chi connectivity index (χ0v) is 12.4. The SMILES string of the molecule is Cc1nc2c([nH]1)CN(C)C1=N[C@@H](C3CCCCC3)CN12. The number of anilines is 1. The van der Waals surface area contributed by atoms with Crippen molar-refractivity contribution in [2.24, 2.45) is 10.9 Å². The number of aliphatic imine (C=N–C) groups is 1. The summed E-state index contributed by atoms with van der Waals surface area (Å²) in [6, 6.07) is 0.468. The van der Waals surface area contributed by atoms with Crippen LogP contribution in [-0.2, 0) is 6.54 Å². The van der Waals surface area contributed by atoms with Crippen LogP contribution in [-0.4, -0.2) is 40.5 Å². The Morgan fingerprint density at radius 1 is 1.20 bits per heavy atom. The summed E-state index contributed by atoms with van der Waals surface area (Å²) in [5.41, 5.74) is 1.23. The van der Waals surface area contributed by atoms with Gasteiger partial charge in [-0.05, 0) is 25.7 Å². The van der Waals surface area contributed by atoms with Crippen LogP contribution in [0.15, 0.2) is 4.99 Å². The van der Waals surface area contributed by atoms with Gasteiger partial charge in [0.05, 0.1) is 24.8 Å². The Morgan fingerprint density at radius 3 is 2.80 bits per heavy atom. The number of fused-ring (bicyclic) bond motifs is 3. The van der Waals surface area contributed by atoms with Crippen molar-refractivity contribution in [3.8, 4) is 0 Å². The number of hydrogen-bond donors (Lipinski definition) is 1. The molecule has 108 valence electrons. The van der Waals surface area contributed by atoms with Crippen LogP contribution in [0.5, 0.6) is 0 Å². The third-order valence-corrected chi connectivity index (χ3v) is 4.95. The van der Waals surface area contributed by atoms with Gasteiger partial charge in [0, 0.05) is 7.05 Å². The molecule has 2 aliphatic heterocycles. The number of imidazole rings is 1. The molecule has 1 atom stereocenters. The third kappa shape index (κ3) is 1.83. The van der Waals surface area contributed by atoms with Gasteiger partial charge in [0.25, 0.3) is 0 Å². The third-order valence-electron chi connectivity index (χ3n) is 4.95. The summed E-state index contributed by atoms with van der Waals surface area (Å²) < 4.78 is 0. The van der Waals surface area contributed by atoms with E-state index in [1.807, 2.05) is 6.92 Å². The van der Waals surface area contributed by atoms with Gasteiger partial charge in [-0.2, -0.15) is 0 Å². The number of nitrogens with one attached hydrogen (secondary N) is 1. The number of aryl methyl sites for hydroxylation is 1. The first-order valence-electron chi connectivity index (χ1n) is 7.84. The second-order valence-electron chi connectivity index (χ2n) is 6.49. The van der Waals surface area contributed by atoms with Gasteiger partial charge in [-0.1, -0.05) is 19.3 Å². The Bertz CT molecular complexity index is 540. The standard InChI is InChI=1S/C15H23N5/c1-10-16-13-8-19(2)15-18-12(9-20(15)14(13)17-10)11-6-4-3-5-7-11/h11-12H,3-9H2,1-2H3,(H,16,17)/t12-/m1/s1. The molecule has 0 saturated heterocycles. The fourth-order valence-corrected chi connectivity index (χ4v) is 3.96. The minimum absolute atomic E-state index is 0.468. The number of aromatic amines is 1. The maximum Gasteiger partial charge on any atom is 0.202 e. The zero-order valence-electron chi connectivity index (χ0n) is 12.4. The molecule has 0 amide bonds. The fourth-order valence-electron chi connectivity index (χ4n) is 3.96. The Kier molecular flexibility index (Phi) is 2.75. The maximum absolute atomic E-state index is 5.04. The normalized spacial score (nSPS) is 26.5. The van der Waals surface area contributed by atoms with Crippen LogP contribution in [0.25, 0.3) is 0 Å². The van der Waals surface area contributed by atoms with Gasteiger partial charge >= 0.3 is 0 Å². The number of hydrogen-bond acceptors (Lipinski definition) is 4. The average molecular weight is 273 g/mol. The molecule has 1 aromatic rings. The molecule has 5 nitrogen and oxygen atoms in total. The van der Waals surface area contributed by atoms with Crippen molar-refractivity contribution in [2.45, 2.75) is 51.6 Å². The van der Waals surface area contributed by atoms with E-state index < -0.39 is 0 Å². The molecular weight excluding hydrogens is 250 g/mol. The molecule has 0 radical (unpaired) electrons. The van der Waals surface area contributed by atoms with Crippen molar-refractivity contribution in [1.82, 2.24) is 14.9 Å². The summed E-state index contributed by atoms with van der Waals surface area (Å²) in [5.74, 6) is 4.02. The Morgan fingerprint density at radius 2 is 2.00 bits per heavy atom. The van der Waals surface area contributed by atoms with E-state index in [0.29, 0.717) is 6.04 Å². The molecule has 4 rings (SSSR count). The van der Waals surface area contributed by atoms with E-state index in [4.69, 9.17) is 4.99 Å². The number of H-pyrrole nitrogens is 1. The molecule has 1 saturated carbocycles. The van der Waals surface area contributed by atoms with Crippen LogP contribution in [0.4, 0.5) is 5.82 Å². The van der Waals surface area contributed by atoms with Crippen LogP contribution < -0.4 is 4.90 Å². The molecular formula is C15H23N5. The van der Waals surface area contributed by atoms with Gasteiger partial charge in [-0.15, -0.1) is 0 Å². The highest BCUT2D eigenvalue weighted by Crippen LogP contribution is 2.35. The molecule has 0 aromatic carbocycles. The summed E-state index contributed by atoms with van der Waals surface area (Å²) in [6.45, 7) is 3.94. The minimum Gasteiger partial charge on any atom is -0.343 e. The summed E-state index contributed by atoms with van der Waals surface area (Å²) in [7, 11) is 2.13. The first kappa shape index (κ1) is 12.2. The molecule has 3 aliphatic rings. The zero-order chi connectivity index (χ0) is 13.7. The van der Waals surface area contributed by atoms with E-state index in [-0.39, 0.29) is 0 Å².